The third kappa shape index (κ3) is 3.03. The van der Waals surface area contributed by atoms with Crippen molar-refractivity contribution in [2.75, 3.05) is 6.61 Å². The third-order valence-electron chi connectivity index (χ3n) is 5.39. The maximum absolute atomic E-state index is 5.81. The zero-order valence-corrected chi connectivity index (χ0v) is 16.4. The predicted octanol–water partition coefficient (Wildman–Crippen LogP) is 4.68. The molecule has 5 rings (SSSR count). The first-order valence-electron chi connectivity index (χ1n) is 9.44. The van der Waals surface area contributed by atoms with Crippen LogP contribution in [0.25, 0.3) is 21.9 Å². The van der Waals surface area contributed by atoms with Crippen molar-refractivity contribution in [1.82, 2.24) is 19.5 Å². The second-order valence-electron chi connectivity index (χ2n) is 7.43. The van der Waals surface area contributed by atoms with Crippen molar-refractivity contribution in [3.05, 3.63) is 52.4 Å². The summed E-state index contributed by atoms with van der Waals surface area (Å²) in [6, 6.07) is 6.85. The number of rotatable bonds is 3. The van der Waals surface area contributed by atoms with Gasteiger partial charge >= 0.3 is 0 Å². The van der Waals surface area contributed by atoms with Gasteiger partial charge in [0.1, 0.15) is 11.3 Å². The summed E-state index contributed by atoms with van der Waals surface area (Å²) in [5.74, 6) is 1.07. The molecule has 0 unspecified atom stereocenters. The lowest BCUT2D eigenvalue weighted by Crippen LogP contribution is -2.26. The first-order valence-corrected chi connectivity index (χ1v) is 10.4. The summed E-state index contributed by atoms with van der Waals surface area (Å²) in [4.78, 5) is 14.1. The quantitative estimate of drug-likeness (QED) is 0.519. The highest BCUT2D eigenvalue weighted by Gasteiger charge is 2.26. The minimum Gasteiger partial charge on any atom is -0.378 e. The molecule has 2 atom stereocenters. The smallest absolute Gasteiger partial charge is 0.116 e. The van der Waals surface area contributed by atoms with Crippen LogP contribution in [0.1, 0.15) is 42.9 Å². The molecule has 3 aromatic heterocycles. The summed E-state index contributed by atoms with van der Waals surface area (Å²) < 4.78 is 8.27. The van der Waals surface area contributed by atoms with Crippen LogP contribution in [0.4, 0.5) is 0 Å². The Morgan fingerprint density at radius 1 is 1.26 bits per heavy atom. The van der Waals surface area contributed by atoms with E-state index in [1.807, 2.05) is 11.7 Å². The molecule has 6 heteroatoms. The van der Waals surface area contributed by atoms with Crippen molar-refractivity contribution in [3.63, 3.8) is 0 Å². The molecule has 1 aliphatic rings. The molecule has 0 saturated carbocycles. The Morgan fingerprint density at radius 2 is 2.19 bits per heavy atom. The Balaban J connectivity index is 1.76. The number of aryl methyl sites for hydroxylation is 1. The van der Waals surface area contributed by atoms with Gasteiger partial charge in [-0.15, -0.1) is 11.3 Å². The molecule has 0 radical (unpaired) electrons. The summed E-state index contributed by atoms with van der Waals surface area (Å²) in [7, 11) is 0. The summed E-state index contributed by atoms with van der Waals surface area (Å²) in [6.07, 6.45) is 4.94. The number of fused-ring (bicyclic) bond motifs is 3. The number of thiazole rings is 1. The molecular formula is C21H22N4OS. The highest BCUT2D eigenvalue weighted by Crippen LogP contribution is 2.34. The SMILES string of the molecule is Cc1ccc2ncc3nc(Cc4cscn4)n([C@@H]4CCO[C@H](C)C4)c3c2c1. The van der Waals surface area contributed by atoms with Crippen LogP contribution in [-0.4, -0.2) is 32.2 Å². The third-order valence-corrected chi connectivity index (χ3v) is 6.02. The lowest BCUT2D eigenvalue weighted by molar-refractivity contribution is 0.00631. The average Bonchev–Trinajstić information content (AvgIpc) is 3.29. The van der Waals surface area contributed by atoms with E-state index in [4.69, 9.17) is 9.72 Å². The summed E-state index contributed by atoms with van der Waals surface area (Å²) in [5.41, 5.74) is 7.40. The van der Waals surface area contributed by atoms with Crippen LogP contribution < -0.4 is 0 Å². The van der Waals surface area contributed by atoms with E-state index in [1.54, 1.807) is 11.3 Å². The van der Waals surface area contributed by atoms with Gasteiger partial charge in [0.25, 0.3) is 0 Å². The molecule has 1 aromatic carbocycles. The average molecular weight is 379 g/mol. The van der Waals surface area contributed by atoms with E-state index in [2.05, 4.69) is 52.0 Å². The van der Waals surface area contributed by atoms with Crippen molar-refractivity contribution in [1.29, 1.82) is 0 Å². The first-order chi connectivity index (χ1) is 13.2. The molecule has 1 saturated heterocycles. The number of ether oxygens (including phenoxy) is 1. The van der Waals surface area contributed by atoms with Crippen molar-refractivity contribution >= 4 is 33.3 Å². The normalized spacial score (nSPS) is 20.5. The van der Waals surface area contributed by atoms with Gasteiger partial charge in [-0.1, -0.05) is 11.6 Å². The lowest BCUT2D eigenvalue weighted by Gasteiger charge is -2.30. The van der Waals surface area contributed by atoms with Crippen molar-refractivity contribution < 1.29 is 4.74 Å². The maximum Gasteiger partial charge on any atom is 0.116 e. The number of imidazole rings is 1. The molecule has 4 aromatic rings. The van der Waals surface area contributed by atoms with E-state index in [1.165, 1.54) is 16.5 Å². The number of benzene rings is 1. The molecule has 1 fully saturated rings. The largest absolute Gasteiger partial charge is 0.378 e. The second-order valence-corrected chi connectivity index (χ2v) is 8.15. The first kappa shape index (κ1) is 16.8. The van der Waals surface area contributed by atoms with E-state index < -0.39 is 0 Å². The fraction of sp³-hybridized carbons (Fsp3) is 0.381. The molecule has 0 N–H and O–H groups in total. The van der Waals surface area contributed by atoms with Crippen LogP contribution in [0.5, 0.6) is 0 Å². The highest BCUT2D eigenvalue weighted by molar-refractivity contribution is 7.07. The Labute approximate surface area is 162 Å². The number of hydrogen-bond donors (Lipinski definition) is 0. The monoisotopic (exact) mass is 378 g/mol. The minimum absolute atomic E-state index is 0.267. The lowest BCUT2D eigenvalue weighted by atomic mass is 10.0. The fourth-order valence-corrected chi connectivity index (χ4v) is 4.71. The van der Waals surface area contributed by atoms with Crippen molar-refractivity contribution in [2.24, 2.45) is 0 Å². The van der Waals surface area contributed by atoms with Crippen molar-refractivity contribution in [2.45, 2.75) is 45.3 Å². The van der Waals surface area contributed by atoms with Gasteiger partial charge in [0.2, 0.25) is 0 Å². The van der Waals surface area contributed by atoms with Gasteiger partial charge in [0.05, 0.1) is 34.5 Å². The van der Waals surface area contributed by atoms with E-state index in [0.717, 1.165) is 48.4 Å². The van der Waals surface area contributed by atoms with Gasteiger partial charge in [0, 0.05) is 29.8 Å². The molecule has 1 aliphatic heterocycles. The van der Waals surface area contributed by atoms with Gasteiger partial charge in [-0.3, -0.25) is 4.98 Å². The van der Waals surface area contributed by atoms with Gasteiger partial charge in [-0.05, 0) is 38.8 Å². The van der Waals surface area contributed by atoms with Gasteiger partial charge in [-0.2, -0.15) is 0 Å². The molecule has 4 heterocycles. The Bertz CT molecular complexity index is 1100. The molecule has 27 heavy (non-hydrogen) atoms. The topological polar surface area (TPSA) is 52.8 Å². The molecule has 138 valence electrons. The van der Waals surface area contributed by atoms with Crippen LogP contribution >= 0.6 is 11.3 Å². The van der Waals surface area contributed by atoms with Gasteiger partial charge < -0.3 is 9.30 Å². The van der Waals surface area contributed by atoms with Crippen LogP contribution in [0.2, 0.25) is 0 Å². The van der Waals surface area contributed by atoms with E-state index in [-0.39, 0.29) is 6.10 Å². The molecule has 5 nitrogen and oxygen atoms in total. The summed E-state index contributed by atoms with van der Waals surface area (Å²) in [6.45, 7) is 5.09. The molecule has 0 aliphatic carbocycles. The zero-order valence-electron chi connectivity index (χ0n) is 15.6. The molecule has 0 amide bonds. The number of aromatic nitrogens is 4. The number of pyridine rings is 1. The zero-order chi connectivity index (χ0) is 18.4. The minimum atomic E-state index is 0.267. The van der Waals surface area contributed by atoms with Crippen LogP contribution in [0.15, 0.2) is 35.3 Å². The molecule has 0 bridgehead atoms. The van der Waals surface area contributed by atoms with Gasteiger partial charge in [-0.25, -0.2) is 9.97 Å². The summed E-state index contributed by atoms with van der Waals surface area (Å²) in [5, 5.41) is 3.29. The number of nitrogens with zero attached hydrogens (tertiary/aromatic N) is 4. The Kier molecular flexibility index (Phi) is 4.17. The maximum atomic E-state index is 5.81. The van der Waals surface area contributed by atoms with Crippen LogP contribution in [0, 0.1) is 6.92 Å². The van der Waals surface area contributed by atoms with Crippen LogP contribution in [0.3, 0.4) is 0 Å². The number of hydrogen-bond acceptors (Lipinski definition) is 5. The highest BCUT2D eigenvalue weighted by atomic mass is 32.1. The van der Waals surface area contributed by atoms with E-state index in [9.17, 15) is 0 Å². The second kappa shape index (κ2) is 6.69. The van der Waals surface area contributed by atoms with Crippen molar-refractivity contribution in [3.8, 4) is 0 Å². The van der Waals surface area contributed by atoms with Crippen LogP contribution in [-0.2, 0) is 11.2 Å². The Morgan fingerprint density at radius 3 is 3.00 bits per heavy atom. The predicted molar refractivity (Wildman–Crippen MR) is 108 cm³/mol. The fourth-order valence-electron chi connectivity index (χ4n) is 4.15. The molecule has 0 spiro atoms. The van der Waals surface area contributed by atoms with E-state index in [0.29, 0.717) is 6.04 Å². The summed E-state index contributed by atoms with van der Waals surface area (Å²) >= 11 is 1.63. The standard InChI is InChI=1S/C21H22N4OS/c1-13-3-4-18-17(7-13)21-19(10-22-18)24-20(9-15-11-27-12-23-15)25(21)16-5-6-26-14(2)8-16/h3-4,7,10-12,14,16H,5-6,8-9H2,1-2H3/t14-,16-/m1/s1. The molecular weight excluding hydrogens is 356 g/mol. The van der Waals surface area contributed by atoms with E-state index >= 15 is 0 Å². The Hall–Kier alpha value is -2.31. The van der Waals surface area contributed by atoms with Gasteiger partial charge in [0.15, 0.2) is 0 Å².